The zero-order valence-electron chi connectivity index (χ0n) is 11.1. The zero-order valence-corrected chi connectivity index (χ0v) is 11.8. The van der Waals surface area contributed by atoms with Gasteiger partial charge in [0, 0.05) is 25.3 Å². The molecule has 0 aliphatic rings. The highest BCUT2D eigenvalue weighted by Crippen LogP contribution is 2.24. The Hall–Kier alpha value is -1.24. The summed E-state index contributed by atoms with van der Waals surface area (Å²) in [6.07, 6.45) is 0.957. The van der Waals surface area contributed by atoms with Gasteiger partial charge in [0.2, 0.25) is 0 Å². The number of nitrogens with zero attached hydrogens (tertiary/aromatic N) is 1. The van der Waals surface area contributed by atoms with Crippen LogP contribution < -0.4 is 5.32 Å². The van der Waals surface area contributed by atoms with Crippen molar-refractivity contribution in [3.63, 3.8) is 0 Å². The van der Waals surface area contributed by atoms with Gasteiger partial charge in [0.25, 0.3) is 0 Å². The SMILES string of the molecule is COCCC(C)(C)CNc1cc(Cl)ccc1C#N. The third-order valence-corrected chi connectivity index (χ3v) is 3.08. The molecule has 3 nitrogen and oxygen atoms in total. The van der Waals surface area contributed by atoms with Crippen LogP contribution in [0.4, 0.5) is 5.69 Å². The van der Waals surface area contributed by atoms with E-state index in [1.54, 1.807) is 25.3 Å². The largest absolute Gasteiger partial charge is 0.385 e. The fraction of sp³-hybridized carbons (Fsp3) is 0.500. The summed E-state index contributed by atoms with van der Waals surface area (Å²) in [4.78, 5) is 0. The predicted molar refractivity (Wildman–Crippen MR) is 74.9 cm³/mol. The maximum Gasteiger partial charge on any atom is 0.101 e. The molecular weight excluding hydrogens is 248 g/mol. The van der Waals surface area contributed by atoms with E-state index >= 15 is 0 Å². The number of halogens is 1. The molecule has 0 aromatic heterocycles. The number of benzene rings is 1. The van der Waals surface area contributed by atoms with Crippen molar-refractivity contribution < 1.29 is 4.74 Å². The summed E-state index contributed by atoms with van der Waals surface area (Å²) >= 11 is 5.94. The van der Waals surface area contributed by atoms with Gasteiger partial charge in [-0.1, -0.05) is 25.4 Å². The molecule has 18 heavy (non-hydrogen) atoms. The number of nitrogens with one attached hydrogen (secondary N) is 1. The van der Waals surface area contributed by atoms with Gasteiger partial charge in [0.15, 0.2) is 0 Å². The highest BCUT2D eigenvalue weighted by atomic mass is 35.5. The van der Waals surface area contributed by atoms with Crippen molar-refractivity contribution in [2.24, 2.45) is 5.41 Å². The van der Waals surface area contributed by atoms with Crippen molar-refractivity contribution in [2.75, 3.05) is 25.6 Å². The number of hydrogen-bond acceptors (Lipinski definition) is 3. The van der Waals surface area contributed by atoms with Crippen LogP contribution >= 0.6 is 11.6 Å². The molecule has 98 valence electrons. The molecule has 0 unspecified atom stereocenters. The van der Waals surface area contributed by atoms with Crippen molar-refractivity contribution in [3.05, 3.63) is 28.8 Å². The third-order valence-electron chi connectivity index (χ3n) is 2.84. The van der Waals surface area contributed by atoms with Gasteiger partial charge in [0.05, 0.1) is 11.3 Å². The average molecular weight is 267 g/mol. The molecule has 0 atom stereocenters. The van der Waals surface area contributed by atoms with Crippen LogP contribution in [0.2, 0.25) is 5.02 Å². The van der Waals surface area contributed by atoms with Crippen molar-refractivity contribution in [1.29, 1.82) is 5.26 Å². The second-order valence-corrected chi connectivity index (χ2v) is 5.50. The van der Waals surface area contributed by atoms with Crippen LogP contribution in [0.15, 0.2) is 18.2 Å². The minimum Gasteiger partial charge on any atom is -0.385 e. The quantitative estimate of drug-likeness (QED) is 0.854. The molecule has 0 aliphatic carbocycles. The summed E-state index contributed by atoms with van der Waals surface area (Å²) in [6, 6.07) is 7.39. The predicted octanol–water partition coefficient (Wildman–Crippen LogP) is 3.69. The number of nitriles is 1. The number of methoxy groups -OCH3 is 1. The Bertz CT molecular complexity index is 438. The smallest absolute Gasteiger partial charge is 0.101 e. The Labute approximate surface area is 114 Å². The molecule has 0 saturated carbocycles. The molecule has 0 radical (unpaired) electrons. The fourth-order valence-corrected chi connectivity index (χ4v) is 1.73. The first-order valence-electron chi connectivity index (χ1n) is 5.91. The average Bonchev–Trinajstić information content (AvgIpc) is 2.34. The Morgan fingerprint density at radius 1 is 1.44 bits per heavy atom. The van der Waals surface area contributed by atoms with Crippen LogP contribution in [0.25, 0.3) is 0 Å². The molecule has 0 bridgehead atoms. The first-order valence-corrected chi connectivity index (χ1v) is 6.29. The molecule has 0 amide bonds. The first-order chi connectivity index (χ1) is 8.48. The van der Waals surface area contributed by atoms with Crippen molar-refractivity contribution >= 4 is 17.3 Å². The standard InChI is InChI=1S/C14H19ClN2O/c1-14(2,6-7-18-3)10-17-13-8-12(15)5-4-11(13)9-16/h4-5,8,17H,6-7,10H2,1-3H3. The Morgan fingerprint density at radius 3 is 2.78 bits per heavy atom. The lowest BCUT2D eigenvalue weighted by Crippen LogP contribution is -2.24. The van der Waals surface area contributed by atoms with E-state index in [1.807, 2.05) is 0 Å². The number of anilines is 1. The molecule has 4 heteroatoms. The molecule has 1 aromatic carbocycles. The van der Waals surface area contributed by atoms with Gasteiger partial charge in [-0.15, -0.1) is 0 Å². The topological polar surface area (TPSA) is 45.0 Å². The highest BCUT2D eigenvalue weighted by Gasteiger charge is 2.17. The molecule has 0 spiro atoms. The molecule has 0 saturated heterocycles. The van der Waals surface area contributed by atoms with E-state index in [4.69, 9.17) is 21.6 Å². The van der Waals surface area contributed by atoms with E-state index in [0.717, 1.165) is 25.3 Å². The minimum absolute atomic E-state index is 0.102. The van der Waals surface area contributed by atoms with Crippen LogP contribution in [0.1, 0.15) is 25.8 Å². The Balaban J connectivity index is 2.68. The summed E-state index contributed by atoms with van der Waals surface area (Å²) in [5.41, 5.74) is 1.50. The fourth-order valence-electron chi connectivity index (χ4n) is 1.56. The van der Waals surface area contributed by atoms with Gasteiger partial charge in [-0.2, -0.15) is 5.26 Å². The van der Waals surface area contributed by atoms with E-state index in [2.05, 4.69) is 25.2 Å². The lowest BCUT2D eigenvalue weighted by atomic mass is 9.89. The highest BCUT2D eigenvalue weighted by molar-refractivity contribution is 6.30. The van der Waals surface area contributed by atoms with E-state index in [-0.39, 0.29) is 5.41 Å². The van der Waals surface area contributed by atoms with Crippen molar-refractivity contribution in [1.82, 2.24) is 0 Å². The molecule has 1 N–H and O–H groups in total. The second-order valence-electron chi connectivity index (χ2n) is 5.06. The maximum atomic E-state index is 9.03. The van der Waals surface area contributed by atoms with Gasteiger partial charge in [0.1, 0.15) is 6.07 Å². The summed E-state index contributed by atoms with van der Waals surface area (Å²) < 4.78 is 5.09. The Morgan fingerprint density at radius 2 is 2.17 bits per heavy atom. The van der Waals surface area contributed by atoms with E-state index in [1.165, 1.54) is 0 Å². The molecule has 1 aromatic rings. The van der Waals surface area contributed by atoms with Crippen LogP contribution in [-0.2, 0) is 4.74 Å². The minimum atomic E-state index is 0.102. The third kappa shape index (κ3) is 4.56. The maximum absolute atomic E-state index is 9.03. The van der Waals surface area contributed by atoms with Crippen LogP contribution in [0.3, 0.4) is 0 Å². The number of ether oxygens (including phenoxy) is 1. The van der Waals surface area contributed by atoms with Gasteiger partial charge < -0.3 is 10.1 Å². The normalized spacial score (nSPS) is 11.1. The van der Waals surface area contributed by atoms with E-state index in [9.17, 15) is 0 Å². The summed E-state index contributed by atoms with van der Waals surface area (Å²) in [7, 11) is 1.70. The zero-order chi connectivity index (χ0) is 13.6. The molecular formula is C14H19ClN2O. The van der Waals surface area contributed by atoms with E-state index in [0.29, 0.717) is 10.6 Å². The summed E-state index contributed by atoms with van der Waals surface area (Å²) in [5, 5.41) is 12.9. The van der Waals surface area contributed by atoms with Crippen LogP contribution in [-0.4, -0.2) is 20.3 Å². The molecule has 0 aliphatic heterocycles. The first kappa shape index (κ1) is 14.8. The molecule has 0 fully saturated rings. The number of hydrogen-bond donors (Lipinski definition) is 1. The molecule has 0 heterocycles. The van der Waals surface area contributed by atoms with Crippen molar-refractivity contribution in [3.8, 4) is 6.07 Å². The lowest BCUT2D eigenvalue weighted by Gasteiger charge is -2.25. The van der Waals surface area contributed by atoms with E-state index < -0.39 is 0 Å². The summed E-state index contributed by atoms with van der Waals surface area (Å²) in [6.45, 7) is 5.83. The second kappa shape index (κ2) is 6.63. The Kier molecular flexibility index (Phi) is 5.46. The van der Waals surface area contributed by atoms with Gasteiger partial charge >= 0.3 is 0 Å². The lowest BCUT2D eigenvalue weighted by molar-refractivity contribution is 0.157. The van der Waals surface area contributed by atoms with Crippen LogP contribution in [0.5, 0.6) is 0 Å². The van der Waals surface area contributed by atoms with Gasteiger partial charge in [-0.05, 0) is 30.0 Å². The van der Waals surface area contributed by atoms with Crippen molar-refractivity contribution in [2.45, 2.75) is 20.3 Å². The molecule has 1 rings (SSSR count). The number of rotatable bonds is 6. The van der Waals surface area contributed by atoms with Gasteiger partial charge in [-0.3, -0.25) is 0 Å². The monoisotopic (exact) mass is 266 g/mol. The summed E-state index contributed by atoms with van der Waals surface area (Å²) in [5.74, 6) is 0. The van der Waals surface area contributed by atoms with Gasteiger partial charge in [-0.25, -0.2) is 0 Å². The van der Waals surface area contributed by atoms with Crippen LogP contribution in [0, 0.1) is 16.7 Å².